The van der Waals surface area contributed by atoms with Crippen molar-refractivity contribution in [1.29, 1.82) is 0 Å². The Morgan fingerprint density at radius 3 is 2.00 bits per heavy atom. The van der Waals surface area contributed by atoms with E-state index in [1.165, 1.54) is 0 Å². The fraction of sp³-hybridized carbons (Fsp3) is 0.333. The third-order valence-corrected chi connectivity index (χ3v) is 1.84. The summed E-state index contributed by atoms with van der Waals surface area (Å²) in [7, 11) is 0. The Morgan fingerprint density at radius 1 is 1.18 bits per heavy atom. The Balaban J connectivity index is 4.79. The van der Waals surface area contributed by atoms with E-state index in [4.69, 9.17) is 23.2 Å². The molecule has 0 bridgehead atoms. The van der Waals surface area contributed by atoms with Gasteiger partial charge in [-0.3, -0.25) is 0 Å². The van der Waals surface area contributed by atoms with Crippen LogP contribution in [-0.2, 0) is 0 Å². The lowest BCUT2D eigenvalue weighted by Crippen LogP contribution is -1.79. The zero-order valence-electron chi connectivity index (χ0n) is 6.99. The second kappa shape index (κ2) is 5.45. The molecule has 0 aromatic carbocycles. The summed E-state index contributed by atoms with van der Waals surface area (Å²) in [6.07, 6.45) is 5.63. The highest BCUT2D eigenvalue weighted by Gasteiger charge is 1.99. The van der Waals surface area contributed by atoms with E-state index in [0.29, 0.717) is 10.1 Å². The smallest absolute Gasteiger partial charge is 0.0447 e. The van der Waals surface area contributed by atoms with Crippen molar-refractivity contribution in [2.45, 2.75) is 20.8 Å². The summed E-state index contributed by atoms with van der Waals surface area (Å²) in [5.74, 6) is 0. The van der Waals surface area contributed by atoms with Crippen LogP contribution < -0.4 is 0 Å². The predicted octanol–water partition coefficient (Wildman–Crippen LogP) is 4.22. The van der Waals surface area contributed by atoms with Crippen molar-refractivity contribution < 1.29 is 0 Å². The molecule has 11 heavy (non-hydrogen) atoms. The van der Waals surface area contributed by atoms with Gasteiger partial charge in [0, 0.05) is 15.6 Å². The first-order valence-electron chi connectivity index (χ1n) is 3.44. The molecule has 2 heteroatoms. The van der Waals surface area contributed by atoms with Gasteiger partial charge in [-0.2, -0.15) is 0 Å². The normalized spacial score (nSPS) is 15.5. The van der Waals surface area contributed by atoms with Crippen LogP contribution in [0.25, 0.3) is 0 Å². The van der Waals surface area contributed by atoms with Crippen molar-refractivity contribution in [2.24, 2.45) is 0 Å². The van der Waals surface area contributed by atoms with Gasteiger partial charge in [0.05, 0.1) is 0 Å². The molecule has 0 radical (unpaired) electrons. The molecule has 0 aliphatic rings. The van der Waals surface area contributed by atoms with Crippen LogP contribution in [0.3, 0.4) is 0 Å². The maximum absolute atomic E-state index is 5.87. The molecule has 0 aromatic heterocycles. The summed E-state index contributed by atoms with van der Waals surface area (Å²) in [6, 6.07) is 0. The number of allylic oxidation sites excluding steroid dienone is 6. The molecule has 0 heterocycles. The molecular weight excluding hydrogens is 179 g/mol. The fourth-order valence-electron chi connectivity index (χ4n) is 0.681. The molecule has 0 amide bonds. The van der Waals surface area contributed by atoms with Crippen LogP contribution in [0.4, 0.5) is 0 Å². The van der Waals surface area contributed by atoms with Gasteiger partial charge in [0.25, 0.3) is 0 Å². The minimum absolute atomic E-state index is 0.690. The van der Waals surface area contributed by atoms with Crippen LogP contribution >= 0.6 is 23.2 Å². The standard InChI is InChI=1S/C9H12Cl2/c1-4-6-8(7(3)10)9(11)5-2/h4-6H,1-3H3. The number of rotatable bonds is 2. The van der Waals surface area contributed by atoms with Crippen LogP contribution in [0.1, 0.15) is 20.8 Å². The van der Waals surface area contributed by atoms with Gasteiger partial charge in [-0.25, -0.2) is 0 Å². The molecule has 0 unspecified atom stereocenters. The van der Waals surface area contributed by atoms with E-state index in [2.05, 4.69) is 0 Å². The Hall–Kier alpha value is -0.200. The topological polar surface area (TPSA) is 0 Å². The second-order valence-corrected chi connectivity index (χ2v) is 3.06. The van der Waals surface area contributed by atoms with Gasteiger partial charge < -0.3 is 0 Å². The molecule has 0 saturated heterocycles. The average Bonchev–Trinajstić information content (AvgIpc) is 1.98. The van der Waals surface area contributed by atoms with E-state index < -0.39 is 0 Å². The highest BCUT2D eigenvalue weighted by Crippen LogP contribution is 2.21. The van der Waals surface area contributed by atoms with E-state index in [1.54, 1.807) is 0 Å². The minimum atomic E-state index is 0.690. The summed E-state index contributed by atoms with van der Waals surface area (Å²) >= 11 is 11.7. The lowest BCUT2D eigenvalue weighted by Gasteiger charge is -1.99. The predicted molar refractivity (Wildman–Crippen MR) is 53.0 cm³/mol. The van der Waals surface area contributed by atoms with Crippen LogP contribution in [0.2, 0.25) is 0 Å². The van der Waals surface area contributed by atoms with Crippen molar-refractivity contribution in [2.75, 3.05) is 0 Å². The van der Waals surface area contributed by atoms with E-state index in [1.807, 2.05) is 39.0 Å². The van der Waals surface area contributed by atoms with Gasteiger partial charge in [0.1, 0.15) is 0 Å². The quantitative estimate of drug-likeness (QED) is 0.573. The highest BCUT2D eigenvalue weighted by molar-refractivity contribution is 6.35. The van der Waals surface area contributed by atoms with Crippen molar-refractivity contribution >= 4 is 23.2 Å². The zero-order chi connectivity index (χ0) is 8.85. The van der Waals surface area contributed by atoms with Crippen molar-refractivity contribution in [3.05, 3.63) is 33.9 Å². The first-order chi connectivity index (χ1) is 5.13. The largest absolute Gasteiger partial charge is 0.0888 e. The highest BCUT2D eigenvalue weighted by atomic mass is 35.5. The number of hydrogen-bond donors (Lipinski definition) is 0. The Kier molecular flexibility index (Phi) is 5.35. The molecule has 0 aliphatic heterocycles. The molecule has 0 nitrogen and oxygen atoms in total. The van der Waals surface area contributed by atoms with Crippen molar-refractivity contribution in [3.63, 3.8) is 0 Å². The summed E-state index contributed by atoms with van der Waals surface area (Å²) in [5, 5.41) is 1.40. The summed E-state index contributed by atoms with van der Waals surface area (Å²) in [5.41, 5.74) is 0.887. The summed E-state index contributed by atoms with van der Waals surface area (Å²) in [6.45, 7) is 5.63. The van der Waals surface area contributed by atoms with Crippen molar-refractivity contribution in [1.82, 2.24) is 0 Å². The number of hydrogen-bond acceptors (Lipinski definition) is 0. The van der Waals surface area contributed by atoms with E-state index in [-0.39, 0.29) is 0 Å². The van der Waals surface area contributed by atoms with Crippen molar-refractivity contribution in [3.8, 4) is 0 Å². The van der Waals surface area contributed by atoms with Gasteiger partial charge in [-0.05, 0) is 20.8 Å². The molecule has 0 N–H and O–H groups in total. The first-order valence-corrected chi connectivity index (χ1v) is 4.20. The molecule has 0 spiro atoms. The molecule has 0 rings (SSSR count). The Labute approximate surface area is 78.2 Å². The average molecular weight is 191 g/mol. The van der Waals surface area contributed by atoms with Gasteiger partial charge in [-0.15, -0.1) is 0 Å². The van der Waals surface area contributed by atoms with Crippen LogP contribution in [0, 0.1) is 0 Å². The van der Waals surface area contributed by atoms with Crippen LogP contribution in [-0.4, -0.2) is 0 Å². The van der Waals surface area contributed by atoms with Crippen LogP contribution in [0.5, 0.6) is 0 Å². The lowest BCUT2D eigenvalue weighted by atomic mass is 10.2. The van der Waals surface area contributed by atoms with Gasteiger partial charge >= 0.3 is 0 Å². The summed E-state index contributed by atoms with van der Waals surface area (Å²) < 4.78 is 0. The zero-order valence-corrected chi connectivity index (χ0v) is 8.50. The molecule has 62 valence electrons. The molecule has 0 atom stereocenters. The minimum Gasteiger partial charge on any atom is -0.0888 e. The lowest BCUT2D eigenvalue weighted by molar-refractivity contribution is 1.49. The van der Waals surface area contributed by atoms with E-state index in [9.17, 15) is 0 Å². The van der Waals surface area contributed by atoms with Gasteiger partial charge in [0.2, 0.25) is 0 Å². The maximum Gasteiger partial charge on any atom is 0.0447 e. The fourth-order valence-corrected chi connectivity index (χ4v) is 1.10. The molecule has 0 saturated carbocycles. The maximum atomic E-state index is 5.87. The molecule has 0 aromatic rings. The van der Waals surface area contributed by atoms with E-state index >= 15 is 0 Å². The van der Waals surface area contributed by atoms with E-state index in [0.717, 1.165) is 5.57 Å². The first kappa shape index (κ1) is 10.8. The SMILES string of the molecule is CC=CC(C(Cl)=CC)=C(C)Cl. The van der Waals surface area contributed by atoms with Crippen LogP contribution in [0.15, 0.2) is 33.9 Å². The number of halogens is 2. The molecule has 0 aliphatic carbocycles. The third kappa shape index (κ3) is 3.64. The Morgan fingerprint density at radius 2 is 1.73 bits per heavy atom. The summed E-state index contributed by atoms with van der Waals surface area (Å²) in [4.78, 5) is 0. The second-order valence-electron chi connectivity index (χ2n) is 2.08. The Bertz CT molecular complexity index is 206. The van der Waals surface area contributed by atoms with Gasteiger partial charge in [0.15, 0.2) is 0 Å². The molecule has 0 fully saturated rings. The third-order valence-electron chi connectivity index (χ3n) is 1.22. The monoisotopic (exact) mass is 190 g/mol. The molecular formula is C9H12Cl2. The van der Waals surface area contributed by atoms with Gasteiger partial charge in [-0.1, -0.05) is 41.4 Å².